The van der Waals surface area contributed by atoms with Gasteiger partial charge in [0.05, 0.1) is 14.2 Å². The number of aromatic amines is 1. The number of para-hydroxylation sites is 1. The zero-order valence-corrected chi connectivity index (χ0v) is 17.4. The van der Waals surface area contributed by atoms with Crippen LogP contribution in [-0.4, -0.2) is 74.2 Å². The topological polar surface area (TPSA) is 67.0 Å². The Morgan fingerprint density at radius 1 is 0.967 bits per heavy atom. The maximum Gasteiger partial charge on any atom is 0.270 e. The lowest BCUT2D eigenvalue weighted by Crippen LogP contribution is -2.49. The van der Waals surface area contributed by atoms with Crippen LogP contribution in [0.5, 0.6) is 17.2 Å². The fraction of sp³-hybridized carbons (Fsp3) is 0.348. The Bertz CT molecular complexity index is 976. The number of methoxy groups -OCH3 is 2. The van der Waals surface area contributed by atoms with Gasteiger partial charge in [-0.15, -0.1) is 0 Å². The van der Waals surface area contributed by atoms with E-state index in [1.165, 1.54) is 0 Å². The Morgan fingerprint density at radius 3 is 2.47 bits per heavy atom. The van der Waals surface area contributed by atoms with Gasteiger partial charge in [-0.3, -0.25) is 9.69 Å². The number of ether oxygens (including phenoxy) is 3. The van der Waals surface area contributed by atoms with Crippen molar-refractivity contribution in [3.05, 3.63) is 54.2 Å². The monoisotopic (exact) mass is 409 g/mol. The molecular formula is C23H27N3O4. The summed E-state index contributed by atoms with van der Waals surface area (Å²) in [5.41, 5.74) is 1.65. The summed E-state index contributed by atoms with van der Waals surface area (Å²) in [5, 5.41) is 1.06. The van der Waals surface area contributed by atoms with E-state index in [1.54, 1.807) is 14.2 Å². The summed E-state index contributed by atoms with van der Waals surface area (Å²) < 4.78 is 16.4. The lowest BCUT2D eigenvalue weighted by molar-refractivity contribution is 0.0615. The number of nitrogens with one attached hydrogen (secondary N) is 1. The number of benzene rings is 2. The summed E-state index contributed by atoms with van der Waals surface area (Å²) in [4.78, 5) is 20.3. The summed E-state index contributed by atoms with van der Waals surface area (Å²) >= 11 is 0. The highest BCUT2D eigenvalue weighted by Gasteiger charge is 2.23. The zero-order valence-electron chi connectivity index (χ0n) is 17.4. The van der Waals surface area contributed by atoms with Gasteiger partial charge >= 0.3 is 0 Å². The van der Waals surface area contributed by atoms with Gasteiger partial charge in [-0.25, -0.2) is 0 Å². The van der Waals surface area contributed by atoms with E-state index >= 15 is 0 Å². The largest absolute Gasteiger partial charge is 0.493 e. The number of H-pyrrole nitrogens is 1. The van der Waals surface area contributed by atoms with Gasteiger partial charge in [0.25, 0.3) is 5.91 Å². The number of amides is 1. The number of hydrogen-bond acceptors (Lipinski definition) is 5. The number of fused-ring (bicyclic) bond motifs is 1. The SMILES string of the molecule is COc1ccc(OCCN2CCN(C(=O)c3cc4ccccc4[nH]3)CC2)cc1OC. The number of carbonyl (C=O) groups excluding carboxylic acids is 1. The highest BCUT2D eigenvalue weighted by Crippen LogP contribution is 2.30. The molecular weight excluding hydrogens is 382 g/mol. The van der Waals surface area contributed by atoms with Crippen LogP contribution in [0.3, 0.4) is 0 Å². The summed E-state index contributed by atoms with van der Waals surface area (Å²) in [7, 11) is 3.22. The van der Waals surface area contributed by atoms with Crippen molar-refractivity contribution in [3.63, 3.8) is 0 Å². The van der Waals surface area contributed by atoms with Crippen LogP contribution in [0.4, 0.5) is 0 Å². The fourth-order valence-electron chi connectivity index (χ4n) is 3.73. The first kappa shape index (κ1) is 20.1. The molecule has 1 aliphatic rings. The standard InChI is InChI=1S/C23H27N3O4/c1-28-21-8-7-18(16-22(21)29-2)30-14-13-25-9-11-26(12-10-25)23(27)20-15-17-5-3-4-6-19(17)24-20/h3-8,15-16,24H,9-14H2,1-2H3. The third-order valence-electron chi connectivity index (χ3n) is 5.45. The van der Waals surface area contributed by atoms with Gasteiger partial charge in [0, 0.05) is 49.7 Å². The highest BCUT2D eigenvalue weighted by atomic mass is 16.5. The summed E-state index contributed by atoms with van der Waals surface area (Å²) in [6.07, 6.45) is 0. The van der Waals surface area contributed by atoms with E-state index < -0.39 is 0 Å². The molecule has 1 saturated heterocycles. The Labute approximate surface area is 176 Å². The van der Waals surface area contributed by atoms with Crippen molar-refractivity contribution < 1.29 is 19.0 Å². The molecule has 0 saturated carbocycles. The second-order valence-corrected chi connectivity index (χ2v) is 7.27. The molecule has 7 heteroatoms. The van der Waals surface area contributed by atoms with Gasteiger partial charge in [-0.05, 0) is 24.3 Å². The molecule has 0 atom stereocenters. The molecule has 1 amide bonds. The Morgan fingerprint density at radius 2 is 1.73 bits per heavy atom. The van der Waals surface area contributed by atoms with Crippen LogP contribution < -0.4 is 14.2 Å². The fourth-order valence-corrected chi connectivity index (χ4v) is 3.73. The number of aromatic nitrogens is 1. The molecule has 0 aliphatic carbocycles. The molecule has 3 aromatic rings. The Hall–Kier alpha value is -3.19. The predicted octanol–water partition coefficient (Wildman–Crippen LogP) is 3.02. The molecule has 0 bridgehead atoms. The van der Waals surface area contributed by atoms with E-state index in [1.807, 2.05) is 53.4 Å². The van der Waals surface area contributed by atoms with Crippen molar-refractivity contribution in [3.8, 4) is 17.2 Å². The molecule has 0 unspecified atom stereocenters. The van der Waals surface area contributed by atoms with Crippen molar-refractivity contribution in [1.82, 2.24) is 14.8 Å². The minimum Gasteiger partial charge on any atom is -0.493 e. The Kier molecular flexibility index (Phi) is 6.09. The van der Waals surface area contributed by atoms with E-state index in [-0.39, 0.29) is 5.91 Å². The van der Waals surface area contributed by atoms with Crippen molar-refractivity contribution in [1.29, 1.82) is 0 Å². The Balaban J connectivity index is 1.25. The van der Waals surface area contributed by atoms with E-state index in [2.05, 4.69) is 9.88 Å². The highest BCUT2D eigenvalue weighted by molar-refractivity contribution is 5.98. The number of hydrogen-bond donors (Lipinski definition) is 1. The molecule has 2 aromatic carbocycles. The van der Waals surface area contributed by atoms with Crippen molar-refractivity contribution >= 4 is 16.8 Å². The number of piperazine rings is 1. The van der Waals surface area contributed by atoms with Crippen LogP contribution >= 0.6 is 0 Å². The van der Waals surface area contributed by atoms with E-state index in [0.29, 0.717) is 36.9 Å². The van der Waals surface area contributed by atoms with Crippen molar-refractivity contribution in [2.24, 2.45) is 0 Å². The summed E-state index contributed by atoms with van der Waals surface area (Å²) in [6, 6.07) is 15.4. The smallest absolute Gasteiger partial charge is 0.270 e. The number of carbonyl (C=O) groups is 1. The zero-order chi connectivity index (χ0) is 20.9. The maximum atomic E-state index is 12.8. The summed E-state index contributed by atoms with van der Waals surface area (Å²) in [5.74, 6) is 2.15. The van der Waals surface area contributed by atoms with Crippen LogP contribution in [0.2, 0.25) is 0 Å². The van der Waals surface area contributed by atoms with Crippen LogP contribution in [-0.2, 0) is 0 Å². The van der Waals surface area contributed by atoms with Gasteiger partial charge in [-0.2, -0.15) is 0 Å². The van der Waals surface area contributed by atoms with Crippen LogP contribution in [0.15, 0.2) is 48.5 Å². The molecule has 7 nitrogen and oxygen atoms in total. The average molecular weight is 409 g/mol. The molecule has 1 N–H and O–H groups in total. The lowest BCUT2D eigenvalue weighted by atomic mass is 10.2. The maximum absolute atomic E-state index is 12.8. The van der Waals surface area contributed by atoms with E-state index in [4.69, 9.17) is 14.2 Å². The third-order valence-corrected chi connectivity index (χ3v) is 5.45. The predicted molar refractivity (Wildman–Crippen MR) is 116 cm³/mol. The quantitative estimate of drug-likeness (QED) is 0.650. The minimum absolute atomic E-state index is 0.0624. The molecule has 30 heavy (non-hydrogen) atoms. The van der Waals surface area contributed by atoms with E-state index in [9.17, 15) is 4.79 Å². The van der Waals surface area contributed by atoms with E-state index in [0.717, 1.165) is 36.3 Å². The van der Waals surface area contributed by atoms with Gasteiger partial charge in [0.1, 0.15) is 18.1 Å². The number of rotatable bonds is 7. The first-order chi connectivity index (χ1) is 14.7. The van der Waals surface area contributed by atoms with Gasteiger partial charge in [0.15, 0.2) is 11.5 Å². The molecule has 4 rings (SSSR count). The van der Waals surface area contributed by atoms with Gasteiger partial charge in [-0.1, -0.05) is 18.2 Å². The van der Waals surface area contributed by atoms with Gasteiger partial charge in [0.2, 0.25) is 0 Å². The average Bonchev–Trinajstić information content (AvgIpc) is 3.23. The summed E-state index contributed by atoms with van der Waals surface area (Å²) in [6.45, 7) is 4.48. The molecule has 1 aromatic heterocycles. The molecule has 1 aliphatic heterocycles. The molecule has 2 heterocycles. The first-order valence-corrected chi connectivity index (χ1v) is 10.1. The lowest BCUT2D eigenvalue weighted by Gasteiger charge is -2.34. The number of nitrogens with zero attached hydrogens (tertiary/aromatic N) is 2. The molecule has 158 valence electrons. The molecule has 0 radical (unpaired) electrons. The van der Waals surface area contributed by atoms with Crippen LogP contribution in [0.1, 0.15) is 10.5 Å². The van der Waals surface area contributed by atoms with Crippen molar-refractivity contribution in [2.45, 2.75) is 0 Å². The molecule has 0 spiro atoms. The third kappa shape index (κ3) is 4.36. The van der Waals surface area contributed by atoms with Gasteiger partial charge < -0.3 is 24.1 Å². The first-order valence-electron chi connectivity index (χ1n) is 10.1. The molecule has 1 fully saturated rings. The minimum atomic E-state index is 0.0624. The van der Waals surface area contributed by atoms with Crippen molar-refractivity contribution in [2.75, 3.05) is 53.6 Å². The second kappa shape index (κ2) is 9.09. The second-order valence-electron chi connectivity index (χ2n) is 7.27. The van der Waals surface area contributed by atoms with Crippen LogP contribution in [0, 0.1) is 0 Å². The normalized spacial score (nSPS) is 14.7. The van der Waals surface area contributed by atoms with Crippen LogP contribution in [0.25, 0.3) is 10.9 Å².